The van der Waals surface area contributed by atoms with Crippen LogP contribution in [0.1, 0.15) is 27.1 Å². The van der Waals surface area contributed by atoms with Crippen molar-refractivity contribution in [2.45, 2.75) is 16.6 Å². The summed E-state index contributed by atoms with van der Waals surface area (Å²) in [6.45, 7) is -0.598. The molecule has 4 rings (SSSR count). The molecule has 1 fully saturated rings. The minimum Gasteiger partial charge on any atom is -0.452 e. The number of hydrogen-bond acceptors (Lipinski definition) is 8. The molecule has 0 saturated carbocycles. The fourth-order valence-corrected chi connectivity index (χ4v) is 4.80. The number of ether oxygens (including phenoxy) is 1. The van der Waals surface area contributed by atoms with Gasteiger partial charge in [0.05, 0.1) is 27.8 Å². The summed E-state index contributed by atoms with van der Waals surface area (Å²) >= 11 is 1.27. The van der Waals surface area contributed by atoms with Gasteiger partial charge in [-0.05, 0) is 54.6 Å². The first kappa shape index (κ1) is 25.5. The molecule has 188 valence electrons. The largest absolute Gasteiger partial charge is 0.452 e. The van der Waals surface area contributed by atoms with Crippen molar-refractivity contribution in [3.05, 3.63) is 83.9 Å². The summed E-state index contributed by atoms with van der Waals surface area (Å²) < 4.78 is 5.03. The van der Waals surface area contributed by atoms with Crippen molar-refractivity contribution in [3.8, 4) is 0 Å². The number of rotatable bonds is 8. The van der Waals surface area contributed by atoms with Crippen LogP contribution >= 0.6 is 11.8 Å². The Morgan fingerprint density at radius 1 is 1.00 bits per heavy atom. The number of nitrogens with one attached hydrogen (secondary N) is 1. The molecule has 1 saturated heterocycles. The SMILES string of the molecule is NC(=O)c1ccccc1NC(=O)COC(=O)c1ccc(N2C(=O)CC(Sc3cccc(N)c3)C2=O)cc1. The van der Waals surface area contributed by atoms with Crippen LogP contribution < -0.4 is 21.7 Å². The fraction of sp³-hybridized carbons (Fsp3) is 0.115. The number of benzene rings is 3. The summed E-state index contributed by atoms with van der Waals surface area (Å²) in [6, 6.07) is 19.0. The molecule has 5 N–H and O–H groups in total. The van der Waals surface area contributed by atoms with Crippen molar-refractivity contribution in [2.24, 2.45) is 5.73 Å². The van der Waals surface area contributed by atoms with E-state index < -0.39 is 29.6 Å². The smallest absolute Gasteiger partial charge is 0.338 e. The van der Waals surface area contributed by atoms with Gasteiger partial charge in [-0.3, -0.25) is 19.2 Å². The van der Waals surface area contributed by atoms with Crippen LogP contribution in [0.3, 0.4) is 0 Å². The topological polar surface area (TPSA) is 162 Å². The fourth-order valence-electron chi connectivity index (χ4n) is 3.67. The molecule has 4 amide bonds. The van der Waals surface area contributed by atoms with Crippen molar-refractivity contribution in [1.29, 1.82) is 0 Å². The number of nitrogens with zero attached hydrogens (tertiary/aromatic N) is 1. The van der Waals surface area contributed by atoms with Gasteiger partial charge in [0.15, 0.2) is 6.61 Å². The maximum absolute atomic E-state index is 12.9. The zero-order chi connectivity index (χ0) is 26.5. The van der Waals surface area contributed by atoms with Gasteiger partial charge >= 0.3 is 5.97 Å². The lowest BCUT2D eigenvalue weighted by Crippen LogP contribution is -2.31. The van der Waals surface area contributed by atoms with E-state index in [4.69, 9.17) is 16.2 Å². The first-order chi connectivity index (χ1) is 17.7. The van der Waals surface area contributed by atoms with Gasteiger partial charge in [-0.1, -0.05) is 18.2 Å². The maximum Gasteiger partial charge on any atom is 0.338 e. The van der Waals surface area contributed by atoms with Crippen LogP contribution in [0.4, 0.5) is 17.1 Å². The van der Waals surface area contributed by atoms with E-state index in [1.165, 1.54) is 48.2 Å². The number of esters is 1. The maximum atomic E-state index is 12.9. The van der Waals surface area contributed by atoms with Gasteiger partial charge in [0.1, 0.15) is 0 Å². The highest BCUT2D eigenvalue weighted by Crippen LogP contribution is 2.34. The Balaban J connectivity index is 1.35. The van der Waals surface area contributed by atoms with Crippen LogP contribution in [0.2, 0.25) is 0 Å². The predicted octanol–water partition coefficient (Wildman–Crippen LogP) is 2.59. The van der Waals surface area contributed by atoms with Gasteiger partial charge < -0.3 is 21.5 Å². The van der Waals surface area contributed by atoms with E-state index in [2.05, 4.69) is 5.32 Å². The molecule has 1 aliphatic rings. The van der Waals surface area contributed by atoms with Crippen LogP contribution in [-0.2, 0) is 19.1 Å². The molecule has 11 heteroatoms. The molecule has 3 aromatic rings. The summed E-state index contributed by atoms with van der Waals surface area (Å²) in [6.07, 6.45) is 0.0378. The molecule has 1 unspecified atom stereocenters. The second kappa shape index (κ2) is 11.0. The number of carbonyl (C=O) groups excluding carboxylic acids is 5. The number of para-hydroxylation sites is 1. The van der Waals surface area contributed by atoms with Gasteiger partial charge in [-0.2, -0.15) is 0 Å². The summed E-state index contributed by atoms with van der Waals surface area (Å²) in [5.74, 6) is -2.86. The van der Waals surface area contributed by atoms with Gasteiger partial charge in [0, 0.05) is 17.0 Å². The van der Waals surface area contributed by atoms with Gasteiger partial charge in [0.2, 0.25) is 11.8 Å². The second-order valence-corrected chi connectivity index (χ2v) is 9.31. The number of imide groups is 1. The van der Waals surface area contributed by atoms with Crippen LogP contribution in [0.25, 0.3) is 0 Å². The highest BCUT2D eigenvalue weighted by molar-refractivity contribution is 8.00. The predicted molar refractivity (Wildman–Crippen MR) is 138 cm³/mol. The minimum atomic E-state index is -0.779. The molecule has 3 aromatic carbocycles. The molecule has 0 radical (unpaired) electrons. The van der Waals surface area contributed by atoms with Crippen LogP contribution in [0, 0.1) is 0 Å². The normalized spacial score (nSPS) is 14.9. The lowest BCUT2D eigenvalue weighted by Gasteiger charge is -2.15. The van der Waals surface area contributed by atoms with Crippen molar-refractivity contribution in [2.75, 3.05) is 22.6 Å². The second-order valence-electron chi connectivity index (χ2n) is 8.03. The molecule has 0 bridgehead atoms. The van der Waals surface area contributed by atoms with Crippen LogP contribution in [0.5, 0.6) is 0 Å². The Kier molecular flexibility index (Phi) is 7.54. The van der Waals surface area contributed by atoms with Gasteiger partial charge in [-0.15, -0.1) is 11.8 Å². The Morgan fingerprint density at radius 3 is 2.43 bits per heavy atom. The van der Waals surface area contributed by atoms with Crippen molar-refractivity contribution >= 4 is 58.4 Å². The van der Waals surface area contributed by atoms with E-state index in [9.17, 15) is 24.0 Å². The molecule has 1 heterocycles. The quantitative estimate of drug-likeness (QED) is 0.233. The number of anilines is 3. The zero-order valence-corrected chi connectivity index (χ0v) is 20.2. The molecule has 1 atom stereocenters. The van der Waals surface area contributed by atoms with Gasteiger partial charge in [-0.25, -0.2) is 9.69 Å². The number of nitrogen functional groups attached to an aromatic ring is 1. The Labute approximate surface area is 215 Å². The number of thioether (sulfide) groups is 1. The van der Waals surface area contributed by atoms with E-state index in [0.29, 0.717) is 11.4 Å². The molecule has 1 aliphatic heterocycles. The summed E-state index contributed by atoms with van der Waals surface area (Å²) in [5.41, 5.74) is 12.4. The lowest BCUT2D eigenvalue weighted by atomic mass is 10.1. The van der Waals surface area contributed by atoms with Crippen molar-refractivity contribution < 1.29 is 28.7 Å². The van der Waals surface area contributed by atoms with Crippen LogP contribution in [0.15, 0.2) is 77.7 Å². The molecule has 37 heavy (non-hydrogen) atoms. The first-order valence-electron chi connectivity index (χ1n) is 11.1. The van der Waals surface area contributed by atoms with Crippen molar-refractivity contribution in [1.82, 2.24) is 0 Å². The van der Waals surface area contributed by atoms with E-state index in [1.54, 1.807) is 30.3 Å². The third-order valence-electron chi connectivity index (χ3n) is 5.40. The standard InChI is InChI=1S/C26H22N4O6S/c27-16-4-3-5-18(12-16)37-21-13-23(32)30(25(21)34)17-10-8-15(9-11-17)26(35)36-14-22(31)29-20-7-2-1-6-19(20)24(28)33/h1-12,21H,13-14,27H2,(H2,28,33)(H,29,31). The Morgan fingerprint density at radius 2 is 1.73 bits per heavy atom. The van der Waals surface area contributed by atoms with E-state index in [0.717, 1.165) is 9.80 Å². The zero-order valence-electron chi connectivity index (χ0n) is 19.4. The average molecular weight is 519 g/mol. The minimum absolute atomic E-state index is 0.0378. The van der Waals surface area contributed by atoms with Crippen LogP contribution in [-0.4, -0.2) is 41.5 Å². The van der Waals surface area contributed by atoms with E-state index in [1.807, 2.05) is 6.07 Å². The summed E-state index contributed by atoms with van der Waals surface area (Å²) in [4.78, 5) is 63.4. The number of primary amides is 1. The number of hydrogen-bond donors (Lipinski definition) is 3. The molecule has 10 nitrogen and oxygen atoms in total. The third-order valence-corrected chi connectivity index (χ3v) is 6.58. The highest BCUT2D eigenvalue weighted by atomic mass is 32.2. The van der Waals surface area contributed by atoms with Gasteiger partial charge in [0.25, 0.3) is 11.8 Å². The summed E-state index contributed by atoms with van der Waals surface area (Å²) in [5, 5.41) is 1.89. The monoisotopic (exact) mass is 518 g/mol. The molecule has 0 aromatic heterocycles. The van der Waals surface area contributed by atoms with Crippen molar-refractivity contribution in [3.63, 3.8) is 0 Å². The molecular formula is C26H22N4O6S. The molecular weight excluding hydrogens is 496 g/mol. The molecule has 0 spiro atoms. The third kappa shape index (κ3) is 5.96. The number of amides is 4. The summed E-state index contributed by atoms with van der Waals surface area (Å²) in [7, 11) is 0. The first-order valence-corrected chi connectivity index (χ1v) is 12.0. The van der Waals surface area contributed by atoms with E-state index in [-0.39, 0.29) is 35.0 Å². The number of carbonyl (C=O) groups is 5. The highest BCUT2D eigenvalue weighted by Gasteiger charge is 2.40. The average Bonchev–Trinajstić information content (AvgIpc) is 3.15. The molecule has 0 aliphatic carbocycles. The number of nitrogens with two attached hydrogens (primary N) is 2. The Bertz CT molecular complexity index is 1390. The van der Waals surface area contributed by atoms with E-state index >= 15 is 0 Å². The Hall–Kier alpha value is -4.64. The lowest BCUT2D eigenvalue weighted by molar-refractivity contribution is -0.121.